The summed E-state index contributed by atoms with van der Waals surface area (Å²) in [6, 6.07) is 6.08. The molecule has 1 aromatic rings. The lowest BCUT2D eigenvalue weighted by atomic mass is 9.90. The zero-order chi connectivity index (χ0) is 10.5. The van der Waals surface area contributed by atoms with Gasteiger partial charge in [0, 0.05) is 12.0 Å². The summed E-state index contributed by atoms with van der Waals surface area (Å²) < 4.78 is 0. The number of benzene rings is 1. The van der Waals surface area contributed by atoms with E-state index in [1.165, 1.54) is 18.4 Å². The number of halogens is 3. The average Bonchev–Trinajstić information content (AvgIpc) is 2.97. The van der Waals surface area contributed by atoms with Crippen molar-refractivity contribution in [3.8, 4) is 0 Å². The van der Waals surface area contributed by atoms with E-state index in [9.17, 15) is 0 Å². The molecule has 88 valence electrons. The third-order valence-corrected chi connectivity index (χ3v) is 4.58. The Hall–Kier alpha value is 0.0500. The van der Waals surface area contributed by atoms with E-state index >= 15 is 0 Å². The topological polar surface area (TPSA) is 12.0 Å². The molecule has 2 aliphatic rings. The molecule has 1 aliphatic heterocycles. The molecule has 1 aliphatic carbocycles. The second-order valence-electron chi connectivity index (χ2n) is 4.65. The third kappa shape index (κ3) is 1.84. The predicted octanol–water partition coefficient (Wildman–Crippen LogP) is 3.67. The SMILES string of the molecule is Cl.Clc1ccc(C23CNCCC2C3)cc1Cl. The second kappa shape index (κ2) is 4.38. The van der Waals surface area contributed by atoms with Crippen molar-refractivity contribution in [1.82, 2.24) is 5.32 Å². The highest BCUT2D eigenvalue weighted by Crippen LogP contribution is 2.57. The minimum absolute atomic E-state index is 0. The summed E-state index contributed by atoms with van der Waals surface area (Å²) in [6.45, 7) is 2.25. The molecular formula is C12H14Cl3N. The molecule has 0 bridgehead atoms. The van der Waals surface area contributed by atoms with Crippen LogP contribution in [0.2, 0.25) is 10.0 Å². The van der Waals surface area contributed by atoms with E-state index in [4.69, 9.17) is 23.2 Å². The van der Waals surface area contributed by atoms with Crippen LogP contribution in [0.3, 0.4) is 0 Å². The number of rotatable bonds is 1. The van der Waals surface area contributed by atoms with Gasteiger partial charge in [0.1, 0.15) is 0 Å². The van der Waals surface area contributed by atoms with Gasteiger partial charge in [-0.25, -0.2) is 0 Å². The van der Waals surface area contributed by atoms with Gasteiger partial charge in [0.2, 0.25) is 0 Å². The Labute approximate surface area is 112 Å². The maximum atomic E-state index is 6.06. The Morgan fingerprint density at radius 1 is 1.25 bits per heavy atom. The van der Waals surface area contributed by atoms with Crippen molar-refractivity contribution in [3.05, 3.63) is 33.8 Å². The highest BCUT2D eigenvalue weighted by atomic mass is 35.5. The summed E-state index contributed by atoms with van der Waals surface area (Å²) in [5, 5.41) is 4.80. The van der Waals surface area contributed by atoms with Gasteiger partial charge < -0.3 is 5.32 Å². The maximum Gasteiger partial charge on any atom is 0.0595 e. The first kappa shape index (κ1) is 12.5. The van der Waals surface area contributed by atoms with Crippen LogP contribution in [-0.2, 0) is 5.41 Å². The Balaban J connectivity index is 0.000000963. The molecule has 1 nitrogen and oxygen atoms in total. The highest BCUT2D eigenvalue weighted by molar-refractivity contribution is 6.42. The molecular weight excluding hydrogens is 264 g/mol. The zero-order valence-corrected chi connectivity index (χ0v) is 11.1. The van der Waals surface area contributed by atoms with E-state index in [1.54, 1.807) is 0 Å². The van der Waals surface area contributed by atoms with Crippen molar-refractivity contribution in [2.24, 2.45) is 5.92 Å². The fourth-order valence-electron chi connectivity index (χ4n) is 2.82. The van der Waals surface area contributed by atoms with Crippen molar-refractivity contribution in [2.75, 3.05) is 13.1 Å². The van der Waals surface area contributed by atoms with Crippen molar-refractivity contribution >= 4 is 35.6 Å². The second-order valence-corrected chi connectivity index (χ2v) is 5.47. The number of hydrogen-bond acceptors (Lipinski definition) is 1. The average molecular weight is 279 g/mol. The molecule has 1 saturated heterocycles. The molecule has 1 N–H and O–H groups in total. The summed E-state index contributed by atoms with van der Waals surface area (Å²) in [5.41, 5.74) is 1.72. The van der Waals surface area contributed by atoms with Crippen LogP contribution in [0.25, 0.3) is 0 Å². The first-order valence-electron chi connectivity index (χ1n) is 5.39. The van der Waals surface area contributed by atoms with Crippen molar-refractivity contribution < 1.29 is 0 Å². The number of hydrogen-bond donors (Lipinski definition) is 1. The zero-order valence-electron chi connectivity index (χ0n) is 8.80. The lowest BCUT2D eigenvalue weighted by Gasteiger charge is -2.23. The lowest BCUT2D eigenvalue weighted by molar-refractivity contribution is 0.447. The molecule has 2 unspecified atom stereocenters. The van der Waals surface area contributed by atoms with E-state index in [2.05, 4.69) is 11.4 Å². The molecule has 3 rings (SSSR count). The molecule has 0 aromatic heterocycles. The summed E-state index contributed by atoms with van der Waals surface area (Å²) in [4.78, 5) is 0. The van der Waals surface area contributed by atoms with Crippen molar-refractivity contribution in [1.29, 1.82) is 0 Å². The van der Waals surface area contributed by atoms with Crippen LogP contribution < -0.4 is 5.32 Å². The number of fused-ring (bicyclic) bond motifs is 1. The van der Waals surface area contributed by atoms with Gasteiger partial charge in [0.25, 0.3) is 0 Å². The van der Waals surface area contributed by atoms with Crippen LogP contribution in [0.1, 0.15) is 18.4 Å². The molecule has 1 heterocycles. The summed E-state index contributed by atoms with van der Waals surface area (Å²) in [7, 11) is 0. The maximum absolute atomic E-state index is 6.06. The molecule has 16 heavy (non-hydrogen) atoms. The van der Waals surface area contributed by atoms with E-state index < -0.39 is 0 Å². The van der Waals surface area contributed by atoms with Crippen LogP contribution >= 0.6 is 35.6 Å². The Morgan fingerprint density at radius 3 is 2.75 bits per heavy atom. The molecule has 4 heteroatoms. The monoisotopic (exact) mass is 277 g/mol. The van der Waals surface area contributed by atoms with Crippen LogP contribution in [0.5, 0.6) is 0 Å². The van der Waals surface area contributed by atoms with Gasteiger partial charge in [-0.1, -0.05) is 29.3 Å². The Bertz CT molecular complexity index is 407. The van der Waals surface area contributed by atoms with Crippen molar-refractivity contribution in [2.45, 2.75) is 18.3 Å². The Morgan fingerprint density at radius 2 is 2.06 bits per heavy atom. The lowest BCUT2D eigenvalue weighted by Crippen LogP contribution is -2.34. The predicted molar refractivity (Wildman–Crippen MR) is 71.0 cm³/mol. The summed E-state index contributed by atoms with van der Waals surface area (Å²) in [6.07, 6.45) is 2.60. The Kier molecular flexibility index (Phi) is 3.42. The van der Waals surface area contributed by atoms with E-state index in [-0.39, 0.29) is 12.4 Å². The van der Waals surface area contributed by atoms with Gasteiger partial charge in [-0.15, -0.1) is 12.4 Å². The third-order valence-electron chi connectivity index (χ3n) is 3.84. The molecule has 0 amide bonds. The fourth-order valence-corrected chi connectivity index (χ4v) is 3.12. The van der Waals surface area contributed by atoms with Gasteiger partial charge in [-0.05, 0) is 43.0 Å². The van der Waals surface area contributed by atoms with Crippen LogP contribution in [-0.4, -0.2) is 13.1 Å². The smallest absolute Gasteiger partial charge is 0.0595 e. The first-order valence-corrected chi connectivity index (χ1v) is 6.14. The van der Waals surface area contributed by atoms with Gasteiger partial charge in [-0.2, -0.15) is 0 Å². The molecule has 1 saturated carbocycles. The summed E-state index contributed by atoms with van der Waals surface area (Å²) >= 11 is 12.0. The normalized spacial score (nSPS) is 31.5. The number of piperidine rings is 1. The van der Waals surface area contributed by atoms with E-state index in [0.717, 1.165) is 19.0 Å². The molecule has 0 spiro atoms. The van der Waals surface area contributed by atoms with Gasteiger partial charge in [-0.3, -0.25) is 0 Å². The van der Waals surface area contributed by atoms with E-state index in [1.807, 2.05) is 12.1 Å². The minimum Gasteiger partial charge on any atom is -0.316 e. The van der Waals surface area contributed by atoms with E-state index in [0.29, 0.717) is 15.5 Å². The molecule has 0 radical (unpaired) electrons. The van der Waals surface area contributed by atoms with Crippen LogP contribution in [0.4, 0.5) is 0 Å². The molecule has 2 fully saturated rings. The standard InChI is InChI=1S/C12H13Cl2N.ClH/c13-10-2-1-8(5-11(10)14)12-6-9(12)3-4-15-7-12;/h1-2,5,9,15H,3-4,6-7H2;1H. The van der Waals surface area contributed by atoms with Gasteiger partial charge in [0.15, 0.2) is 0 Å². The van der Waals surface area contributed by atoms with Crippen molar-refractivity contribution in [3.63, 3.8) is 0 Å². The minimum atomic E-state index is 0. The highest BCUT2D eigenvalue weighted by Gasteiger charge is 2.55. The first-order chi connectivity index (χ1) is 7.22. The largest absolute Gasteiger partial charge is 0.316 e. The quantitative estimate of drug-likeness (QED) is 0.826. The molecule has 1 aromatic carbocycles. The molecule has 2 atom stereocenters. The summed E-state index contributed by atoms with van der Waals surface area (Å²) in [5.74, 6) is 0.857. The van der Waals surface area contributed by atoms with Gasteiger partial charge >= 0.3 is 0 Å². The fraction of sp³-hybridized carbons (Fsp3) is 0.500. The number of nitrogens with one attached hydrogen (secondary N) is 1. The van der Waals surface area contributed by atoms with Crippen LogP contribution in [0.15, 0.2) is 18.2 Å². The van der Waals surface area contributed by atoms with Gasteiger partial charge in [0.05, 0.1) is 10.0 Å². The van der Waals surface area contributed by atoms with Crippen LogP contribution in [0, 0.1) is 5.92 Å².